The van der Waals surface area contributed by atoms with Gasteiger partial charge in [0.05, 0.1) is 11.8 Å². The van der Waals surface area contributed by atoms with Gasteiger partial charge in [-0.05, 0) is 45.0 Å². The van der Waals surface area contributed by atoms with Gasteiger partial charge in [0.15, 0.2) is 5.65 Å². The fourth-order valence-electron chi connectivity index (χ4n) is 2.66. The second kappa shape index (κ2) is 7.86. The Bertz CT molecular complexity index is 979. The number of rotatable bonds is 5. The monoisotopic (exact) mass is 366 g/mol. The minimum atomic E-state index is -0.294. The van der Waals surface area contributed by atoms with Crippen molar-refractivity contribution in [3.63, 3.8) is 0 Å². The van der Waals surface area contributed by atoms with E-state index < -0.39 is 0 Å². The lowest BCUT2D eigenvalue weighted by molar-refractivity contribution is 0.102. The first-order valence-corrected chi connectivity index (χ1v) is 8.77. The van der Waals surface area contributed by atoms with Crippen LogP contribution < -0.4 is 16.0 Å². The third-order valence-electron chi connectivity index (χ3n) is 3.90. The molecular formula is C19H22N6O2. The van der Waals surface area contributed by atoms with E-state index >= 15 is 0 Å². The average Bonchev–Trinajstić information content (AvgIpc) is 3.05. The molecule has 3 N–H and O–H groups in total. The van der Waals surface area contributed by atoms with Gasteiger partial charge < -0.3 is 16.0 Å². The molecule has 3 aromatic rings. The van der Waals surface area contributed by atoms with Gasteiger partial charge in [0, 0.05) is 35.5 Å². The van der Waals surface area contributed by atoms with Gasteiger partial charge in [0.25, 0.3) is 5.91 Å². The van der Waals surface area contributed by atoms with Crippen LogP contribution in [-0.4, -0.2) is 33.2 Å². The topological polar surface area (TPSA) is 101 Å². The zero-order chi connectivity index (χ0) is 19.4. The Morgan fingerprint density at radius 3 is 2.56 bits per heavy atom. The van der Waals surface area contributed by atoms with Crippen molar-refractivity contribution in [3.8, 4) is 0 Å². The zero-order valence-electron chi connectivity index (χ0n) is 15.5. The van der Waals surface area contributed by atoms with Crippen LogP contribution in [0.1, 0.15) is 37.2 Å². The van der Waals surface area contributed by atoms with Gasteiger partial charge in [0.1, 0.15) is 0 Å². The van der Waals surface area contributed by atoms with Gasteiger partial charge >= 0.3 is 6.03 Å². The number of amides is 3. The van der Waals surface area contributed by atoms with Crippen LogP contribution in [0.3, 0.4) is 0 Å². The second-order valence-electron chi connectivity index (χ2n) is 6.34. The number of hydrogen-bond donors (Lipinski definition) is 3. The number of aromatic nitrogens is 3. The Labute approximate surface area is 157 Å². The summed E-state index contributed by atoms with van der Waals surface area (Å²) >= 11 is 0. The van der Waals surface area contributed by atoms with Crippen molar-refractivity contribution in [1.82, 2.24) is 20.1 Å². The van der Waals surface area contributed by atoms with E-state index in [0.717, 1.165) is 11.0 Å². The van der Waals surface area contributed by atoms with Gasteiger partial charge in [-0.3, -0.25) is 4.79 Å². The zero-order valence-corrected chi connectivity index (χ0v) is 15.5. The Kier molecular flexibility index (Phi) is 5.35. The van der Waals surface area contributed by atoms with E-state index in [1.54, 1.807) is 36.5 Å². The molecule has 2 heterocycles. The number of hydrogen-bond acceptors (Lipinski definition) is 4. The molecule has 0 radical (unpaired) electrons. The van der Waals surface area contributed by atoms with Crippen LogP contribution in [0.2, 0.25) is 0 Å². The van der Waals surface area contributed by atoms with Crippen molar-refractivity contribution in [2.45, 2.75) is 26.8 Å². The van der Waals surface area contributed by atoms with Crippen LogP contribution in [0, 0.1) is 0 Å². The quantitative estimate of drug-likeness (QED) is 0.644. The predicted octanol–water partition coefficient (Wildman–Crippen LogP) is 3.41. The normalized spacial score (nSPS) is 10.8. The first-order chi connectivity index (χ1) is 13.0. The van der Waals surface area contributed by atoms with Crippen molar-refractivity contribution >= 4 is 34.3 Å². The molecule has 3 rings (SSSR count). The molecule has 140 valence electrons. The molecule has 0 unspecified atom stereocenters. The minimum Gasteiger partial charge on any atom is -0.338 e. The summed E-state index contributed by atoms with van der Waals surface area (Å²) in [5, 5.41) is 13.3. The molecule has 0 aliphatic carbocycles. The molecule has 0 aliphatic heterocycles. The molecule has 8 nitrogen and oxygen atoms in total. The smallest absolute Gasteiger partial charge is 0.319 e. The average molecular weight is 366 g/mol. The molecule has 0 saturated heterocycles. The molecule has 0 atom stereocenters. The highest BCUT2D eigenvalue weighted by Gasteiger charge is 2.12. The summed E-state index contributed by atoms with van der Waals surface area (Å²) in [6, 6.07) is 8.61. The summed E-state index contributed by atoms with van der Waals surface area (Å²) in [5.74, 6) is -0.281. The van der Waals surface area contributed by atoms with E-state index in [9.17, 15) is 9.59 Å². The maximum Gasteiger partial charge on any atom is 0.319 e. The number of benzene rings is 1. The summed E-state index contributed by atoms with van der Waals surface area (Å²) in [4.78, 5) is 28.5. The molecule has 2 aromatic heterocycles. The molecule has 0 spiro atoms. The highest BCUT2D eigenvalue weighted by atomic mass is 16.2. The van der Waals surface area contributed by atoms with E-state index in [2.05, 4.69) is 26.0 Å². The molecule has 27 heavy (non-hydrogen) atoms. The summed E-state index contributed by atoms with van der Waals surface area (Å²) in [7, 11) is 0. The molecule has 8 heteroatoms. The highest BCUT2D eigenvalue weighted by Crippen LogP contribution is 2.19. The maximum atomic E-state index is 12.6. The van der Waals surface area contributed by atoms with Crippen molar-refractivity contribution in [3.05, 3.63) is 48.3 Å². The van der Waals surface area contributed by atoms with Crippen molar-refractivity contribution in [2.24, 2.45) is 0 Å². The van der Waals surface area contributed by atoms with E-state index in [4.69, 9.17) is 0 Å². The Morgan fingerprint density at radius 1 is 1.11 bits per heavy atom. The lowest BCUT2D eigenvalue weighted by Crippen LogP contribution is -2.28. The number of nitrogens with zero attached hydrogens (tertiary/aromatic N) is 3. The maximum absolute atomic E-state index is 12.6. The number of carbonyl (C=O) groups excluding carboxylic acids is 2. The Hall–Kier alpha value is -3.42. The van der Waals surface area contributed by atoms with E-state index in [1.165, 1.54) is 6.20 Å². The van der Waals surface area contributed by atoms with Gasteiger partial charge in [-0.15, -0.1) is 0 Å². The van der Waals surface area contributed by atoms with Gasteiger partial charge in [-0.25, -0.2) is 14.5 Å². The van der Waals surface area contributed by atoms with E-state index in [0.29, 0.717) is 23.5 Å². The standard InChI is InChI=1S/C19H22N6O2/c1-4-20-19(27)24-16-7-5-6-15(9-16)23-18(26)14-8-13-11-22-25(12(2)3)17(13)21-10-14/h5-12H,4H2,1-3H3,(H,23,26)(H2,20,24,27). The van der Waals surface area contributed by atoms with Gasteiger partial charge in [-0.2, -0.15) is 5.10 Å². The van der Waals surface area contributed by atoms with E-state index in [1.807, 2.05) is 25.5 Å². The van der Waals surface area contributed by atoms with Crippen LogP contribution in [0.25, 0.3) is 11.0 Å². The third-order valence-corrected chi connectivity index (χ3v) is 3.90. The minimum absolute atomic E-state index is 0.190. The number of fused-ring (bicyclic) bond motifs is 1. The highest BCUT2D eigenvalue weighted by molar-refractivity contribution is 6.06. The van der Waals surface area contributed by atoms with Crippen molar-refractivity contribution in [2.75, 3.05) is 17.2 Å². The Morgan fingerprint density at radius 2 is 1.85 bits per heavy atom. The lowest BCUT2D eigenvalue weighted by atomic mass is 10.2. The van der Waals surface area contributed by atoms with Crippen LogP contribution in [-0.2, 0) is 0 Å². The number of pyridine rings is 1. The van der Waals surface area contributed by atoms with Gasteiger partial charge in [-0.1, -0.05) is 6.07 Å². The van der Waals surface area contributed by atoms with Crippen LogP contribution in [0.15, 0.2) is 42.7 Å². The van der Waals surface area contributed by atoms with Crippen LogP contribution in [0.4, 0.5) is 16.2 Å². The third kappa shape index (κ3) is 4.22. The molecular weight excluding hydrogens is 344 g/mol. The van der Waals surface area contributed by atoms with Crippen molar-refractivity contribution in [1.29, 1.82) is 0 Å². The fourth-order valence-corrected chi connectivity index (χ4v) is 2.66. The molecule has 0 aliphatic rings. The number of anilines is 2. The van der Waals surface area contributed by atoms with Crippen molar-refractivity contribution < 1.29 is 9.59 Å². The largest absolute Gasteiger partial charge is 0.338 e. The summed E-state index contributed by atoms with van der Waals surface area (Å²) in [6.45, 7) is 6.42. The molecule has 0 saturated carbocycles. The molecule has 3 amide bonds. The summed E-state index contributed by atoms with van der Waals surface area (Å²) in [6.07, 6.45) is 3.24. The lowest BCUT2D eigenvalue weighted by Gasteiger charge is -2.09. The molecule has 0 fully saturated rings. The Balaban J connectivity index is 1.75. The predicted molar refractivity (Wildman–Crippen MR) is 105 cm³/mol. The van der Waals surface area contributed by atoms with Gasteiger partial charge in [0.2, 0.25) is 0 Å². The van der Waals surface area contributed by atoms with Crippen LogP contribution in [0.5, 0.6) is 0 Å². The first kappa shape index (κ1) is 18.4. The van der Waals surface area contributed by atoms with Crippen LogP contribution >= 0.6 is 0 Å². The summed E-state index contributed by atoms with van der Waals surface area (Å²) in [5.41, 5.74) is 2.35. The summed E-state index contributed by atoms with van der Waals surface area (Å²) < 4.78 is 1.81. The number of urea groups is 1. The van der Waals surface area contributed by atoms with E-state index in [-0.39, 0.29) is 18.0 Å². The number of nitrogens with one attached hydrogen (secondary N) is 3. The first-order valence-electron chi connectivity index (χ1n) is 8.77. The second-order valence-corrected chi connectivity index (χ2v) is 6.34. The molecule has 1 aromatic carbocycles. The molecule has 0 bridgehead atoms. The SMILES string of the molecule is CCNC(=O)Nc1cccc(NC(=O)c2cnc3c(cnn3C(C)C)c2)c1. The number of carbonyl (C=O) groups is 2. The fraction of sp³-hybridized carbons (Fsp3) is 0.263.